The van der Waals surface area contributed by atoms with Crippen LogP contribution < -0.4 is 0 Å². The summed E-state index contributed by atoms with van der Waals surface area (Å²) in [6.45, 7) is 2.73. The Hall–Kier alpha value is -1.96. The third-order valence-corrected chi connectivity index (χ3v) is 4.92. The molecule has 0 amide bonds. The van der Waals surface area contributed by atoms with Crippen LogP contribution in [0.4, 0.5) is 0 Å². The van der Waals surface area contributed by atoms with E-state index in [1.807, 2.05) is 10.9 Å². The minimum Gasteiger partial charge on any atom is -0.457 e. The van der Waals surface area contributed by atoms with E-state index in [-0.39, 0.29) is 12.6 Å². The highest BCUT2D eigenvalue weighted by Gasteiger charge is 2.19. The lowest BCUT2D eigenvalue weighted by Crippen LogP contribution is -2.24. The predicted octanol–water partition coefficient (Wildman–Crippen LogP) is 2.70. The lowest BCUT2D eigenvalue weighted by atomic mass is 10.1. The summed E-state index contributed by atoms with van der Waals surface area (Å²) >= 11 is 1.77. The van der Waals surface area contributed by atoms with Crippen LogP contribution in [0.2, 0.25) is 0 Å². The number of hydrogen-bond acceptors (Lipinski definition) is 6. The Labute approximate surface area is 139 Å². The van der Waals surface area contributed by atoms with Crippen molar-refractivity contribution >= 4 is 11.3 Å². The van der Waals surface area contributed by atoms with E-state index in [1.165, 1.54) is 10.4 Å². The van der Waals surface area contributed by atoms with Gasteiger partial charge in [-0.1, -0.05) is 5.21 Å². The van der Waals surface area contributed by atoms with Gasteiger partial charge in [0.1, 0.15) is 18.1 Å². The quantitative estimate of drug-likeness (QED) is 0.752. The van der Waals surface area contributed by atoms with Crippen LogP contribution in [0.25, 0.3) is 11.5 Å². The van der Waals surface area contributed by atoms with Gasteiger partial charge in [-0.15, -0.1) is 16.4 Å². The minimum absolute atomic E-state index is 0.117. The number of aliphatic hydroxyl groups excluding tert-OH is 1. The van der Waals surface area contributed by atoms with Crippen molar-refractivity contribution in [3.63, 3.8) is 0 Å². The molecule has 3 heterocycles. The summed E-state index contributed by atoms with van der Waals surface area (Å²) in [6, 6.07) is 5.93. The van der Waals surface area contributed by atoms with Crippen LogP contribution >= 0.6 is 11.3 Å². The monoisotopic (exact) mass is 332 g/mol. The first-order valence-electron chi connectivity index (χ1n) is 7.39. The van der Waals surface area contributed by atoms with Crippen molar-refractivity contribution in [3.8, 4) is 11.5 Å². The molecule has 122 valence electrons. The van der Waals surface area contributed by atoms with Gasteiger partial charge >= 0.3 is 0 Å². The topological polar surface area (TPSA) is 67.3 Å². The highest BCUT2D eigenvalue weighted by atomic mass is 32.1. The van der Waals surface area contributed by atoms with E-state index in [2.05, 4.69) is 47.7 Å². The van der Waals surface area contributed by atoms with Crippen LogP contribution in [0.1, 0.15) is 22.2 Å². The van der Waals surface area contributed by atoms with Crippen molar-refractivity contribution in [1.29, 1.82) is 0 Å². The van der Waals surface area contributed by atoms with Gasteiger partial charge in [-0.2, -0.15) is 0 Å². The summed E-state index contributed by atoms with van der Waals surface area (Å²) in [7, 11) is 4.14. The predicted molar refractivity (Wildman–Crippen MR) is 89.1 cm³/mol. The van der Waals surface area contributed by atoms with Gasteiger partial charge in [0.05, 0.1) is 18.8 Å². The maximum absolute atomic E-state index is 9.08. The van der Waals surface area contributed by atoms with E-state index in [1.54, 1.807) is 23.5 Å². The smallest absolute Gasteiger partial charge is 0.156 e. The molecule has 3 aromatic rings. The summed E-state index contributed by atoms with van der Waals surface area (Å²) in [4.78, 5) is 3.53. The lowest BCUT2D eigenvalue weighted by Gasteiger charge is -2.23. The van der Waals surface area contributed by atoms with Gasteiger partial charge in [0.2, 0.25) is 0 Å². The number of thiophene rings is 1. The first kappa shape index (κ1) is 15.9. The highest BCUT2D eigenvalue weighted by Crippen LogP contribution is 2.29. The van der Waals surface area contributed by atoms with Crippen molar-refractivity contribution in [3.05, 3.63) is 46.0 Å². The Bertz CT molecular complexity index is 774. The van der Waals surface area contributed by atoms with Gasteiger partial charge in [-0.3, -0.25) is 4.90 Å². The Kier molecular flexibility index (Phi) is 4.61. The van der Waals surface area contributed by atoms with Crippen molar-refractivity contribution in [1.82, 2.24) is 19.9 Å². The zero-order valence-electron chi connectivity index (χ0n) is 13.4. The van der Waals surface area contributed by atoms with Crippen LogP contribution in [-0.2, 0) is 13.2 Å². The second kappa shape index (κ2) is 6.66. The summed E-state index contributed by atoms with van der Waals surface area (Å²) in [5, 5.41) is 19.6. The van der Waals surface area contributed by atoms with E-state index < -0.39 is 0 Å². The number of aliphatic hydroxyl groups is 1. The number of furan rings is 1. The molecular weight excluding hydrogens is 312 g/mol. The molecule has 1 atom stereocenters. The molecule has 3 aromatic heterocycles. The van der Waals surface area contributed by atoms with Crippen molar-refractivity contribution in [2.24, 2.45) is 0 Å². The Morgan fingerprint density at radius 1 is 1.35 bits per heavy atom. The summed E-state index contributed by atoms with van der Waals surface area (Å²) < 4.78 is 7.34. The number of aryl methyl sites for hydroxylation is 1. The molecule has 0 bridgehead atoms. The van der Waals surface area contributed by atoms with E-state index >= 15 is 0 Å². The number of rotatable bonds is 6. The Morgan fingerprint density at radius 2 is 2.17 bits per heavy atom. The van der Waals surface area contributed by atoms with Crippen molar-refractivity contribution < 1.29 is 9.52 Å². The zero-order chi connectivity index (χ0) is 16.4. The van der Waals surface area contributed by atoms with E-state index in [0.29, 0.717) is 17.2 Å². The molecule has 0 fully saturated rings. The molecule has 0 aliphatic carbocycles. The molecule has 23 heavy (non-hydrogen) atoms. The van der Waals surface area contributed by atoms with Crippen LogP contribution in [0.3, 0.4) is 0 Å². The number of likely N-dealkylation sites (N-methyl/N-ethyl adjacent to an activating group) is 1. The largest absolute Gasteiger partial charge is 0.457 e. The van der Waals surface area contributed by atoms with Crippen LogP contribution in [-0.4, -0.2) is 39.1 Å². The van der Waals surface area contributed by atoms with E-state index in [0.717, 1.165) is 6.54 Å². The molecule has 0 radical (unpaired) electrons. The normalized spacial score (nSPS) is 12.9. The number of nitrogens with zero attached hydrogens (tertiary/aromatic N) is 4. The summed E-state index contributed by atoms with van der Waals surface area (Å²) in [5.74, 6) is 1.14. The lowest BCUT2D eigenvalue weighted by molar-refractivity contribution is 0.248. The third kappa shape index (κ3) is 3.36. The zero-order valence-corrected chi connectivity index (χ0v) is 14.2. The number of aromatic nitrogens is 3. The van der Waals surface area contributed by atoms with Gasteiger partial charge in [0.15, 0.2) is 5.76 Å². The molecule has 0 saturated carbocycles. The number of hydrogen-bond donors (Lipinski definition) is 1. The van der Waals surface area contributed by atoms with Crippen LogP contribution in [0, 0.1) is 6.92 Å². The molecule has 0 aliphatic heterocycles. The maximum Gasteiger partial charge on any atom is 0.156 e. The average Bonchev–Trinajstić information content (AvgIpc) is 3.24. The molecule has 0 aromatic carbocycles. The highest BCUT2D eigenvalue weighted by molar-refractivity contribution is 7.10. The van der Waals surface area contributed by atoms with Crippen LogP contribution in [0.15, 0.2) is 34.2 Å². The van der Waals surface area contributed by atoms with Gasteiger partial charge in [-0.25, -0.2) is 4.68 Å². The molecule has 0 saturated heterocycles. The maximum atomic E-state index is 9.08. The SMILES string of the molecule is Cc1ccsc1[C@@H](Cn1cc(-c2ccc(CO)o2)nn1)N(C)C. The first-order valence-corrected chi connectivity index (χ1v) is 8.27. The fraction of sp³-hybridized carbons (Fsp3) is 0.375. The second-order valence-corrected chi connectivity index (χ2v) is 6.64. The standard InChI is InChI=1S/C16H20N4O2S/c1-11-6-7-23-16(11)14(19(2)3)9-20-8-13(17-18-20)15-5-4-12(10-21)22-15/h4-8,14,21H,9-10H2,1-3H3/t14-/m1/s1. The molecule has 6 nitrogen and oxygen atoms in total. The van der Waals surface area contributed by atoms with E-state index in [9.17, 15) is 0 Å². The third-order valence-electron chi connectivity index (χ3n) is 3.80. The first-order chi connectivity index (χ1) is 11.1. The minimum atomic E-state index is -0.117. The second-order valence-electron chi connectivity index (χ2n) is 5.70. The van der Waals surface area contributed by atoms with Gasteiger partial charge < -0.3 is 9.52 Å². The fourth-order valence-electron chi connectivity index (χ4n) is 2.48. The Morgan fingerprint density at radius 3 is 2.78 bits per heavy atom. The summed E-state index contributed by atoms with van der Waals surface area (Å²) in [5.41, 5.74) is 1.97. The molecule has 0 unspecified atom stereocenters. The molecular formula is C16H20N4O2S. The van der Waals surface area contributed by atoms with Crippen molar-refractivity contribution in [2.75, 3.05) is 14.1 Å². The van der Waals surface area contributed by atoms with Gasteiger partial charge in [0, 0.05) is 4.88 Å². The summed E-state index contributed by atoms with van der Waals surface area (Å²) in [6.07, 6.45) is 1.87. The molecule has 3 rings (SSSR count). The van der Waals surface area contributed by atoms with Crippen molar-refractivity contribution in [2.45, 2.75) is 26.1 Å². The van der Waals surface area contributed by atoms with E-state index in [4.69, 9.17) is 9.52 Å². The Balaban J connectivity index is 1.81. The molecule has 0 aliphatic rings. The molecule has 7 heteroatoms. The fourth-order valence-corrected chi connectivity index (χ4v) is 3.60. The molecule has 0 spiro atoms. The van der Waals surface area contributed by atoms with Crippen LogP contribution in [0.5, 0.6) is 0 Å². The van der Waals surface area contributed by atoms with Gasteiger partial charge in [0.25, 0.3) is 0 Å². The van der Waals surface area contributed by atoms with Gasteiger partial charge in [-0.05, 0) is 50.2 Å². The average molecular weight is 332 g/mol. The molecule has 1 N–H and O–H groups in total.